The number of carbonyl (C=O) groups excluding carboxylic acids is 1. The van der Waals surface area contributed by atoms with Gasteiger partial charge in [0, 0.05) is 16.9 Å². The van der Waals surface area contributed by atoms with Crippen LogP contribution in [0.4, 0.5) is 0 Å². The molecule has 20 heavy (non-hydrogen) atoms. The zero-order chi connectivity index (χ0) is 14.2. The van der Waals surface area contributed by atoms with Gasteiger partial charge in [0.05, 0.1) is 5.54 Å². The van der Waals surface area contributed by atoms with Crippen LogP contribution in [0, 0.1) is 0 Å². The smallest absolute Gasteiger partial charge is 0.245 e. The van der Waals surface area contributed by atoms with Gasteiger partial charge in [0.15, 0.2) is 0 Å². The quantitative estimate of drug-likeness (QED) is 0.934. The van der Waals surface area contributed by atoms with E-state index in [4.69, 9.17) is 0 Å². The van der Waals surface area contributed by atoms with E-state index in [0.29, 0.717) is 0 Å². The van der Waals surface area contributed by atoms with Crippen molar-refractivity contribution in [2.75, 3.05) is 0 Å². The Morgan fingerprint density at radius 2 is 2.25 bits per heavy atom. The summed E-state index contributed by atoms with van der Waals surface area (Å²) in [5, 5.41) is 7.30. The normalized spacial score (nSPS) is 17.5. The molecule has 104 valence electrons. The van der Waals surface area contributed by atoms with E-state index in [0.717, 1.165) is 22.9 Å². The van der Waals surface area contributed by atoms with Gasteiger partial charge in [-0.15, -0.1) is 0 Å². The van der Waals surface area contributed by atoms with Gasteiger partial charge in [-0.3, -0.25) is 9.48 Å². The Morgan fingerprint density at radius 1 is 1.45 bits per heavy atom. The second-order valence-corrected chi connectivity index (χ2v) is 6.16. The number of nitrogens with zero attached hydrogens (tertiary/aromatic N) is 2. The largest absolute Gasteiger partial charge is 0.345 e. The van der Waals surface area contributed by atoms with Crippen molar-refractivity contribution in [1.82, 2.24) is 15.1 Å². The molecule has 1 heterocycles. The minimum atomic E-state index is -0.297. The van der Waals surface area contributed by atoms with E-state index >= 15 is 0 Å². The summed E-state index contributed by atoms with van der Waals surface area (Å²) in [6.45, 7) is 1.86. The summed E-state index contributed by atoms with van der Waals surface area (Å²) in [4.78, 5) is 12.4. The number of hydrogen-bond acceptors (Lipinski definition) is 2. The zero-order valence-electron chi connectivity index (χ0n) is 11.2. The maximum Gasteiger partial charge on any atom is 0.245 e. The first-order valence-electron chi connectivity index (χ1n) is 6.68. The Hall–Kier alpha value is -1.62. The van der Waals surface area contributed by atoms with Gasteiger partial charge < -0.3 is 5.32 Å². The van der Waals surface area contributed by atoms with Crippen LogP contribution in [0.15, 0.2) is 47.2 Å². The van der Waals surface area contributed by atoms with Gasteiger partial charge in [-0.25, -0.2) is 0 Å². The number of amides is 1. The molecule has 0 bridgehead atoms. The number of nitrogens with one attached hydrogen (secondary N) is 1. The van der Waals surface area contributed by atoms with Gasteiger partial charge in [0.2, 0.25) is 5.91 Å². The highest BCUT2D eigenvalue weighted by Crippen LogP contribution is 2.46. The van der Waals surface area contributed by atoms with Crippen molar-refractivity contribution >= 4 is 21.8 Å². The molecule has 1 saturated carbocycles. The minimum absolute atomic E-state index is 0.00572. The molecule has 1 aliphatic rings. The summed E-state index contributed by atoms with van der Waals surface area (Å²) < 4.78 is 2.71. The molecule has 1 amide bonds. The molecular formula is C15H16BrN3O. The molecule has 1 atom stereocenters. The molecule has 1 aromatic heterocycles. The third-order valence-corrected chi connectivity index (χ3v) is 4.28. The minimum Gasteiger partial charge on any atom is -0.345 e. The van der Waals surface area contributed by atoms with Crippen LogP contribution in [0.3, 0.4) is 0 Å². The molecule has 1 unspecified atom stereocenters. The Bertz CT molecular complexity index is 620. The van der Waals surface area contributed by atoms with E-state index in [2.05, 4.69) is 38.5 Å². The van der Waals surface area contributed by atoms with E-state index < -0.39 is 0 Å². The predicted molar refractivity (Wildman–Crippen MR) is 80.1 cm³/mol. The summed E-state index contributed by atoms with van der Waals surface area (Å²) in [6.07, 6.45) is 5.47. The molecule has 1 aliphatic carbocycles. The molecule has 3 rings (SSSR count). The Balaban J connectivity index is 1.76. The molecule has 2 aromatic rings. The lowest BCUT2D eigenvalue weighted by atomic mass is 10.0. The Labute approximate surface area is 126 Å². The molecule has 1 fully saturated rings. The van der Waals surface area contributed by atoms with Crippen LogP contribution in [0.1, 0.15) is 31.4 Å². The summed E-state index contributed by atoms with van der Waals surface area (Å²) in [7, 11) is 0. The van der Waals surface area contributed by atoms with Crippen molar-refractivity contribution in [3.05, 3.63) is 52.8 Å². The highest BCUT2D eigenvalue weighted by atomic mass is 79.9. The van der Waals surface area contributed by atoms with Crippen molar-refractivity contribution in [1.29, 1.82) is 0 Å². The van der Waals surface area contributed by atoms with Crippen molar-refractivity contribution in [2.24, 2.45) is 0 Å². The van der Waals surface area contributed by atoms with Crippen LogP contribution in [0.2, 0.25) is 0 Å². The molecule has 4 nitrogen and oxygen atoms in total. The fourth-order valence-electron chi connectivity index (χ4n) is 2.37. The summed E-state index contributed by atoms with van der Waals surface area (Å²) in [5.74, 6) is 0.00572. The lowest BCUT2D eigenvalue weighted by Gasteiger charge is -2.21. The second-order valence-electron chi connectivity index (χ2n) is 5.24. The summed E-state index contributed by atoms with van der Waals surface area (Å²) in [6, 6.07) is 9.67. The zero-order valence-corrected chi connectivity index (χ0v) is 12.8. The SMILES string of the molecule is CC(C(=O)NC1(c2cccc(Br)c2)CC1)n1cccn1. The van der Waals surface area contributed by atoms with Gasteiger partial charge in [0.25, 0.3) is 0 Å². The molecule has 0 radical (unpaired) electrons. The lowest BCUT2D eigenvalue weighted by molar-refractivity contribution is -0.125. The van der Waals surface area contributed by atoms with Crippen molar-refractivity contribution in [2.45, 2.75) is 31.3 Å². The fourth-order valence-corrected chi connectivity index (χ4v) is 2.77. The average molecular weight is 334 g/mol. The van der Waals surface area contributed by atoms with Gasteiger partial charge in [-0.1, -0.05) is 28.1 Å². The number of hydrogen-bond donors (Lipinski definition) is 1. The van der Waals surface area contributed by atoms with E-state index in [-0.39, 0.29) is 17.5 Å². The molecule has 1 aromatic carbocycles. The van der Waals surface area contributed by atoms with Crippen molar-refractivity contribution < 1.29 is 4.79 Å². The molecule has 0 aliphatic heterocycles. The van der Waals surface area contributed by atoms with Crippen LogP contribution in [0.5, 0.6) is 0 Å². The molecule has 0 spiro atoms. The molecular weight excluding hydrogens is 318 g/mol. The standard InChI is InChI=1S/C15H16BrN3O/c1-11(19-9-3-8-17-19)14(20)18-15(6-7-15)12-4-2-5-13(16)10-12/h2-5,8-11H,6-7H2,1H3,(H,18,20). The van der Waals surface area contributed by atoms with Crippen molar-refractivity contribution in [3.63, 3.8) is 0 Å². The first-order chi connectivity index (χ1) is 9.61. The Morgan fingerprint density at radius 3 is 2.85 bits per heavy atom. The van der Waals surface area contributed by atoms with Crippen LogP contribution in [-0.2, 0) is 10.3 Å². The summed E-state index contributed by atoms with van der Waals surface area (Å²) in [5.41, 5.74) is 0.968. The first-order valence-corrected chi connectivity index (χ1v) is 7.47. The fraction of sp³-hybridized carbons (Fsp3) is 0.333. The van der Waals surface area contributed by atoms with Crippen LogP contribution < -0.4 is 5.32 Å². The second kappa shape index (κ2) is 5.05. The molecule has 0 saturated heterocycles. The molecule has 1 N–H and O–H groups in total. The maximum absolute atomic E-state index is 12.4. The number of halogens is 1. The van der Waals surface area contributed by atoms with Crippen molar-refractivity contribution in [3.8, 4) is 0 Å². The van der Waals surface area contributed by atoms with Crippen LogP contribution >= 0.6 is 15.9 Å². The monoisotopic (exact) mass is 333 g/mol. The predicted octanol–water partition coefficient (Wildman–Crippen LogP) is 3.01. The third kappa shape index (κ3) is 2.50. The van der Waals surface area contributed by atoms with Gasteiger partial charge in [-0.2, -0.15) is 5.10 Å². The van der Waals surface area contributed by atoms with Crippen LogP contribution in [-0.4, -0.2) is 15.7 Å². The van der Waals surface area contributed by atoms with Gasteiger partial charge >= 0.3 is 0 Å². The first kappa shape index (κ1) is 13.4. The summed E-state index contributed by atoms with van der Waals surface area (Å²) >= 11 is 3.48. The van der Waals surface area contributed by atoms with Crippen LogP contribution in [0.25, 0.3) is 0 Å². The number of aromatic nitrogens is 2. The molecule has 5 heteroatoms. The topological polar surface area (TPSA) is 46.9 Å². The lowest BCUT2D eigenvalue weighted by Crippen LogP contribution is -2.39. The van der Waals surface area contributed by atoms with E-state index in [9.17, 15) is 4.79 Å². The number of rotatable bonds is 4. The third-order valence-electron chi connectivity index (χ3n) is 3.79. The number of carbonyl (C=O) groups is 1. The van der Waals surface area contributed by atoms with E-state index in [1.165, 1.54) is 0 Å². The Kier molecular flexibility index (Phi) is 3.38. The maximum atomic E-state index is 12.4. The number of benzene rings is 1. The highest BCUT2D eigenvalue weighted by molar-refractivity contribution is 9.10. The van der Waals surface area contributed by atoms with Gasteiger partial charge in [-0.05, 0) is 43.5 Å². The van der Waals surface area contributed by atoms with E-state index in [1.54, 1.807) is 10.9 Å². The van der Waals surface area contributed by atoms with Gasteiger partial charge in [0.1, 0.15) is 6.04 Å². The highest BCUT2D eigenvalue weighted by Gasteiger charge is 2.46. The average Bonchev–Trinajstić information content (AvgIpc) is 3.02. The van der Waals surface area contributed by atoms with E-state index in [1.807, 2.05) is 31.3 Å².